The van der Waals surface area contributed by atoms with Gasteiger partial charge in [0.25, 0.3) is 10.0 Å². The molecule has 0 radical (unpaired) electrons. The lowest BCUT2D eigenvalue weighted by Crippen LogP contribution is -2.36. The van der Waals surface area contributed by atoms with E-state index < -0.39 is 16.1 Å². The van der Waals surface area contributed by atoms with Gasteiger partial charge in [-0.15, -0.1) is 10.2 Å². The van der Waals surface area contributed by atoms with Gasteiger partial charge in [0.1, 0.15) is 18.1 Å². The van der Waals surface area contributed by atoms with Crippen LogP contribution in [0.15, 0.2) is 28.6 Å². The number of sulfonamides is 1. The van der Waals surface area contributed by atoms with Crippen LogP contribution in [-0.4, -0.2) is 44.3 Å². The van der Waals surface area contributed by atoms with E-state index in [1.54, 1.807) is 45.2 Å². The summed E-state index contributed by atoms with van der Waals surface area (Å²) in [6, 6.07) is 6.45. The summed E-state index contributed by atoms with van der Waals surface area (Å²) in [6.07, 6.45) is 0.264. The van der Waals surface area contributed by atoms with E-state index in [9.17, 15) is 13.2 Å². The van der Waals surface area contributed by atoms with Gasteiger partial charge in [-0.1, -0.05) is 18.3 Å². The topological polar surface area (TPSA) is 120 Å². The Morgan fingerprint density at radius 2 is 1.88 bits per heavy atom. The zero-order valence-corrected chi connectivity index (χ0v) is 16.2. The zero-order chi connectivity index (χ0) is 19.2. The Morgan fingerprint density at radius 1 is 1.23 bits per heavy atom. The van der Waals surface area contributed by atoms with Crippen molar-refractivity contribution in [2.75, 3.05) is 19.0 Å². The molecule has 11 heteroatoms. The molecule has 0 saturated carbocycles. The van der Waals surface area contributed by atoms with Crippen molar-refractivity contribution in [2.45, 2.75) is 30.6 Å². The number of carbonyl (C=O) groups is 1. The number of ether oxygens (including phenoxy) is 2. The van der Waals surface area contributed by atoms with Crippen molar-refractivity contribution in [3.63, 3.8) is 0 Å². The minimum absolute atomic E-state index is 0.129. The molecule has 0 unspecified atom stereocenters. The number of methoxy groups -OCH3 is 1. The first-order valence-corrected chi connectivity index (χ1v) is 10.1. The average Bonchev–Trinajstić information content (AvgIpc) is 3.09. The fourth-order valence-corrected chi connectivity index (χ4v) is 3.98. The molecule has 0 fully saturated rings. The number of hydrogen-bond acceptors (Lipinski definition) is 8. The second-order valence-electron chi connectivity index (χ2n) is 5.28. The molecule has 1 aromatic carbocycles. The van der Waals surface area contributed by atoms with Crippen LogP contribution in [0.3, 0.4) is 0 Å². The van der Waals surface area contributed by atoms with Gasteiger partial charge < -0.3 is 14.8 Å². The molecule has 0 spiro atoms. The van der Waals surface area contributed by atoms with E-state index in [2.05, 4.69) is 20.2 Å². The van der Waals surface area contributed by atoms with Crippen LogP contribution in [-0.2, 0) is 14.8 Å². The maximum atomic E-state index is 12.3. The highest BCUT2D eigenvalue weighted by atomic mass is 32.2. The molecule has 0 aliphatic heterocycles. The predicted molar refractivity (Wildman–Crippen MR) is 97.1 cm³/mol. The summed E-state index contributed by atoms with van der Waals surface area (Å²) in [5, 5.41) is 9.89. The van der Waals surface area contributed by atoms with Crippen LogP contribution in [0.1, 0.15) is 20.3 Å². The van der Waals surface area contributed by atoms with Crippen molar-refractivity contribution in [3.8, 4) is 11.5 Å². The first-order chi connectivity index (χ1) is 12.3. The van der Waals surface area contributed by atoms with Gasteiger partial charge in [0.2, 0.25) is 15.4 Å². The van der Waals surface area contributed by atoms with Gasteiger partial charge in [-0.05, 0) is 31.2 Å². The van der Waals surface area contributed by atoms with Crippen LogP contribution < -0.4 is 19.5 Å². The van der Waals surface area contributed by atoms with E-state index in [0.717, 1.165) is 11.3 Å². The molecule has 9 nitrogen and oxygen atoms in total. The van der Waals surface area contributed by atoms with Gasteiger partial charge in [0.05, 0.1) is 13.2 Å². The SMILES string of the molecule is CCC(=O)Nc1nnc(S(=O)(=O)N[C@H](C)COc2ccc(OC)cc2)s1. The summed E-state index contributed by atoms with van der Waals surface area (Å²) >= 11 is 0.785. The molecule has 2 rings (SSSR count). The molecular weight excluding hydrogens is 380 g/mol. The molecule has 26 heavy (non-hydrogen) atoms. The Morgan fingerprint density at radius 3 is 2.50 bits per heavy atom. The van der Waals surface area contributed by atoms with Crippen LogP contribution in [0.4, 0.5) is 5.13 Å². The summed E-state index contributed by atoms with van der Waals surface area (Å²) in [4.78, 5) is 11.3. The van der Waals surface area contributed by atoms with Crippen LogP contribution in [0.5, 0.6) is 11.5 Å². The number of aromatic nitrogens is 2. The molecule has 142 valence electrons. The smallest absolute Gasteiger partial charge is 0.270 e. The summed E-state index contributed by atoms with van der Waals surface area (Å²) in [5.74, 6) is 1.03. The van der Waals surface area contributed by atoms with Crippen LogP contribution >= 0.6 is 11.3 Å². The summed E-state index contributed by atoms with van der Waals surface area (Å²) in [5.41, 5.74) is 0. The van der Waals surface area contributed by atoms with Crippen molar-refractivity contribution >= 4 is 32.4 Å². The molecule has 2 N–H and O–H groups in total. The predicted octanol–water partition coefficient (Wildman–Crippen LogP) is 1.64. The summed E-state index contributed by atoms with van der Waals surface area (Å²) in [6.45, 7) is 3.48. The summed E-state index contributed by atoms with van der Waals surface area (Å²) < 4.78 is 37.5. The van der Waals surface area contributed by atoms with Crippen LogP contribution in [0.25, 0.3) is 0 Å². The third-order valence-corrected chi connectivity index (χ3v) is 5.92. The number of benzene rings is 1. The molecule has 0 saturated heterocycles. The maximum absolute atomic E-state index is 12.3. The molecule has 2 aromatic rings. The molecule has 0 bridgehead atoms. The maximum Gasteiger partial charge on any atom is 0.270 e. The largest absolute Gasteiger partial charge is 0.497 e. The van der Waals surface area contributed by atoms with E-state index in [1.165, 1.54) is 0 Å². The Labute approximate surface area is 155 Å². The van der Waals surface area contributed by atoms with E-state index in [-0.39, 0.29) is 28.4 Å². The Balaban J connectivity index is 1.92. The zero-order valence-electron chi connectivity index (χ0n) is 14.6. The second-order valence-corrected chi connectivity index (χ2v) is 8.15. The van der Waals surface area contributed by atoms with E-state index in [1.807, 2.05) is 0 Å². The highest BCUT2D eigenvalue weighted by molar-refractivity contribution is 7.91. The van der Waals surface area contributed by atoms with E-state index in [0.29, 0.717) is 11.5 Å². The highest BCUT2D eigenvalue weighted by Crippen LogP contribution is 2.20. The third-order valence-electron chi connectivity index (χ3n) is 3.12. The minimum atomic E-state index is -3.85. The number of carbonyl (C=O) groups excluding carboxylic acids is 1. The fraction of sp³-hybridized carbons (Fsp3) is 0.400. The second kappa shape index (κ2) is 8.92. The molecule has 1 amide bonds. The highest BCUT2D eigenvalue weighted by Gasteiger charge is 2.23. The Kier molecular flexibility index (Phi) is 6.89. The van der Waals surface area contributed by atoms with Gasteiger partial charge in [0.15, 0.2) is 0 Å². The standard InChI is InChI=1S/C15H20N4O5S2/c1-4-13(20)16-14-17-18-15(25-14)26(21,22)19-10(2)9-24-12-7-5-11(23-3)6-8-12/h5-8,10,19H,4,9H2,1-3H3,(H,16,17,20)/t10-/m1/s1. The molecule has 1 aromatic heterocycles. The molecule has 0 aliphatic carbocycles. The van der Waals surface area contributed by atoms with Gasteiger partial charge >= 0.3 is 0 Å². The number of rotatable bonds is 9. The monoisotopic (exact) mass is 400 g/mol. The van der Waals surface area contributed by atoms with Crippen molar-refractivity contribution in [2.24, 2.45) is 0 Å². The number of amides is 1. The van der Waals surface area contributed by atoms with Crippen LogP contribution in [0.2, 0.25) is 0 Å². The van der Waals surface area contributed by atoms with E-state index >= 15 is 0 Å². The normalized spacial score (nSPS) is 12.4. The average molecular weight is 400 g/mol. The number of anilines is 1. The van der Waals surface area contributed by atoms with Crippen LogP contribution in [0, 0.1) is 0 Å². The number of nitrogens with one attached hydrogen (secondary N) is 2. The van der Waals surface area contributed by atoms with Gasteiger partial charge in [0, 0.05) is 6.42 Å². The van der Waals surface area contributed by atoms with Gasteiger partial charge in [-0.25, -0.2) is 13.1 Å². The number of nitrogens with zero attached hydrogens (tertiary/aromatic N) is 2. The van der Waals surface area contributed by atoms with Gasteiger partial charge in [-0.2, -0.15) is 0 Å². The van der Waals surface area contributed by atoms with Crippen molar-refractivity contribution in [3.05, 3.63) is 24.3 Å². The number of hydrogen-bond donors (Lipinski definition) is 2. The third kappa shape index (κ3) is 5.64. The molecule has 1 atom stereocenters. The minimum Gasteiger partial charge on any atom is -0.497 e. The molecule has 0 aliphatic rings. The Bertz CT molecular complexity index is 836. The quantitative estimate of drug-likeness (QED) is 0.614. The fourth-order valence-electron chi connectivity index (χ4n) is 1.82. The van der Waals surface area contributed by atoms with Gasteiger partial charge in [-0.3, -0.25) is 4.79 Å². The summed E-state index contributed by atoms with van der Waals surface area (Å²) in [7, 11) is -2.28. The molecular formula is C15H20N4O5S2. The van der Waals surface area contributed by atoms with Crippen molar-refractivity contribution < 1.29 is 22.7 Å². The lowest BCUT2D eigenvalue weighted by atomic mass is 10.3. The lowest BCUT2D eigenvalue weighted by molar-refractivity contribution is -0.115. The first kappa shape index (κ1) is 20.1. The Hall–Kier alpha value is -2.24. The van der Waals surface area contributed by atoms with Crippen molar-refractivity contribution in [1.82, 2.24) is 14.9 Å². The first-order valence-electron chi connectivity index (χ1n) is 7.76. The lowest BCUT2D eigenvalue weighted by Gasteiger charge is -2.14. The van der Waals surface area contributed by atoms with Crippen molar-refractivity contribution in [1.29, 1.82) is 0 Å². The van der Waals surface area contributed by atoms with E-state index in [4.69, 9.17) is 9.47 Å². The molecule has 1 heterocycles.